The highest BCUT2D eigenvalue weighted by atomic mass is 19.1. The Hall–Kier alpha value is -1.97. The van der Waals surface area contributed by atoms with Crippen LogP contribution in [-0.4, -0.2) is 15.6 Å². The number of rotatable bonds is 4. The first-order chi connectivity index (χ1) is 8.97. The highest BCUT2D eigenvalue weighted by Crippen LogP contribution is 2.13. The number of hydrogen-bond donors (Lipinski definition) is 0. The number of carbonyl (C=O) groups excluding carboxylic acids is 1. The number of nitrogens with zero attached hydrogens (tertiary/aromatic N) is 2. The fourth-order valence-corrected chi connectivity index (χ4v) is 1.87. The van der Waals surface area contributed by atoms with E-state index in [9.17, 15) is 9.18 Å². The van der Waals surface area contributed by atoms with Gasteiger partial charge in [0.2, 0.25) is 0 Å². The highest BCUT2D eigenvalue weighted by molar-refractivity contribution is 5.97. The van der Waals surface area contributed by atoms with Crippen LogP contribution in [0.25, 0.3) is 0 Å². The van der Waals surface area contributed by atoms with E-state index in [-0.39, 0.29) is 23.8 Å². The Morgan fingerprint density at radius 3 is 2.68 bits per heavy atom. The van der Waals surface area contributed by atoms with Crippen molar-refractivity contribution in [2.24, 2.45) is 0 Å². The smallest absolute Gasteiger partial charge is 0.171 e. The predicted molar refractivity (Wildman–Crippen MR) is 71.8 cm³/mol. The zero-order valence-electron chi connectivity index (χ0n) is 11.4. The first-order valence-corrected chi connectivity index (χ1v) is 6.30. The van der Waals surface area contributed by atoms with Gasteiger partial charge in [0.25, 0.3) is 0 Å². The zero-order valence-corrected chi connectivity index (χ0v) is 11.4. The van der Waals surface area contributed by atoms with Crippen molar-refractivity contribution < 1.29 is 9.18 Å². The summed E-state index contributed by atoms with van der Waals surface area (Å²) in [6.45, 7) is 5.82. The van der Waals surface area contributed by atoms with Crippen LogP contribution in [-0.2, 0) is 6.42 Å². The lowest BCUT2D eigenvalue weighted by Gasteiger charge is -2.04. The lowest BCUT2D eigenvalue weighted by atomic mass is 10.0. The van der Waals surface area contributed by atoms with Crippen molar-refractivity contribution in [2.75, 3.05) is 0 Å². The van der Waals surface area contributed by atoms with E-state index in [1.54, 1.807) is 23.7 Å². The average molecular weight is 260 g/mol. The molecule has 1 aromatic carbocycles. The Kier molecular flexibility index (Phi) is 3.79. The molecule has 100 valence electrons. The number of aromatic nitrogens is 2. The highest BCUT2D eigenvalue weighted by Gasteiger charge is 2.14. The van der Waals surface area contributed by atoms with Crippen molar-refractivity contribution >= 4 is 5.78 Å². The maximum atomic E-state index is 13.7. The van der Waals surface area contributed by atoms with Gasteiger partial charge in [-0.05, 0) is 44.5 Å². The molecule has 0 saturated carbocycles. The van der Waals surface area contributed by atoms with Crippen LogP contribution in [0.3, 0.4) is 0 Å². The predicted octanol–water partition coefficient (Wildman–Crippen LogP) is 3.34. The van der Waals surface area contributed by atoms with Gasteiger partial charge in [-0.15, -0.1) is 0 Å². The van der Waals surface area contributed by atoms with Crippen LogP contribution in [0.1, 0.15) is 41.5 Å². The van der Waals surface area contributed by atoms with E-state index in [1.165, 1.54) is 12.1 Å². The maximum absolute atomic E-state index is 13.7. The Balaban J connectivity index is 2.16. The molecule has 0 N–H and O–H groups in total. The van der Waals surface area contributed by atoms with Gasteiger partial charge in [0.05, 0.1) is 17.7 Å². The van der Waals surface area contributed by atoms with Gasteiger partial charge < -0.3 is 0 Å². The molecule has 0 saturated heterocycles. The van der Waals surface area contributed by atoms with Crippen LogP contribution in [0.15, 0.2) is 30.5 Å². The average Bonchev–Trinajstić information content (AvgIpc) is 2.77. The molecule has 0 radical (unpaired) electrons. The van der Waals surface area contributed by atoms with E-state index in [1.807, 2.05) is 20.0 Å². The number of aryl methyl sites for hydroxylation is 1. The van der Waals surface area contributed by atoms with Crippen molar-refractivity contribution in [1.29, 1.82) is 0 Å². The fourth-order valence-electron chi connectivity index (χ4n) is 1.87. The second-order valence-electron chi connectivity index (χ2n) is 4.96. The first-order valence-electron chi connectivity index (χ1n) is 6.30. The minimum absolute atomic E-state index is 0.125. The third kappa shape index (κ3) is 3.08. The Bertz CT molecular complexity index is 602. The summed E-state index contributed by atoms with van der Waals surface area (Å²) in [5.74, 6) is -0.709. The minimum atomic E-state index is -0.465. The Morgan fingerprint density at radius 2 is 2.11 bits per heavy atom. The summed E-state index contributed by atoms with van der Waals surface area (Å²) in [6, 6.07) is 6.69. The van der Waals surface area contributed by atoms with Gasteiger partial charge in [-0.2, -0.15) is 5.10 Å². The number of halogens is 1. The molecule has 0 bridgehead atoms. The van der Waals surface area contributed by atoms with Crippen LogP contribution >= 0.6 is 0 Å². The van der Waals surface area contributed by atoms with Crippen molar-refractivity contribution in [1.82, 2.24) is 9.78 Å². The summed E-state index contributed by atoms with van der Waals surface area (Å²) in [4.78, 5) is 12.0. The molecule has 0 aliphatic heterocycles. The molecule has 1 heterocycles. The second-order valence-corrected chi connectivity index (χ2v) is 4.96. The molecule has 19 heavy (non-hydrogen) atoms. The van der Waals surface area contributed by atoms with Crippen molar-refractivity contribution in [3.8, 4) is 0 Å². The van der Waals surface area contributed by atoms with Gasteiger partial charge in [0.15, 0.2) is 5.78 Å². The molecule has 3 nitrogen and oxygen atoms in total. The summed E-state index contributed by atoms with van der Waals surface area (Å²) in [5, 5.41) is 4.30. The molecule has 0 unspecified atom stereocenters. The number of ketones is 1. The van der Waals surface area contributed by atoms with Gasteiger partial charge >= 0.3 is 0 Å². The Morgan fingerprint density at radius 1 is 1.37 bits per heavy atom. The monoisotopic (exact) mass is 260 g/mol. The van der Waals surface area contributed by atoms with E-state index in [2.05, 4.69) is 5.10 Å². The summed E-state index contributed by atoms with van der Waals surface area (Å²) >= 11 is 0. The van der Waals surface area contributed by atoms with E-state index in [4.69, 9.17) is 0 Å². The van der Waals surface area contributed by atoms with Gasteiger partial charge in [0.1, 0.15) is 5.82 Å². The summed E-state index contributed by atoms with van der Waals surface area (Å²) in [5.41, 5.74) is 1.60. The maximum Gasteiger partial charge on any atom is 0.171 e. The van der Waals surface area contributed by atoms with Crippen LogP contribution in [0.4, 0.5) is 4.39 Å². The summed E-state index contributed by atoms with van der Waals surface area (Å²) < 4.78 is 15.5. The molecule has 0 aliphatic carbocycles. The summed E-state index contributed by atoms with van der Waals surface area (Å²) in [7, 11) is 0. The number of carbonyl (C=O) groups is 1. The second kappa shape index (κ2) is 5.34. The Labute approximate surface area is 112 Å². The first kappa shape index (κ1) is 13.5. The quantitative estimate of drug-likeness (QED) is 0.790. The summed E-state index contributed by atoms with van der Waals surface area (Å²) in [6.07, 6.45) is 1.96. The molecular weight excluding hydrogens is 243 g/mol. The van der Waals surface area contributed by atoms with E-state index in [0.29, 0.717) is 5.69 Å². The molecule has 0 spiro atoms. The van der Waals surface area contributed by atoms with E-state index in [0.717, 1.165) is 5.56 Å². The van der Waals surface area contributed by atoms with Crippen LogP contribution in [0, 0.1) is 12.7 Å². The molecule has 2 aromatic rings. The van der Waals surface area contributed by atoms with Crippen molar-refractivity contribution in [3.05, 3.63) is 53.1 Å². The molecule has 2 rings (SSSR count). The molecule has 0 atom stereocenters. The lowest BCUT2D eigenvalue weighted by Crippen LogP contribution is -2.08. The molecule has 0 aliphatic rings. The SMILES string of the molecule is Cc1ccc(C(=O)Cc2ccn(C(C)C)n2)c(F)c1. The number of Topliss-reactive ketones (excluding diaryl/α,β-unsaturated/α-hetero) is 1. The van der Waals surface area contributed by atoms with Gasteiger partial charge in [-0.1, -0.05) is 6.07 Å². The lowest BCUT2D eigenvalue weighted by molar-refractivity contribution is 0.0988. The molecule has 0 amide bonds. The zero-order chi connectivity index (χ0) is 14.0. The fraction of sp³-hybridized carbons (Fsp3) is 0.333. The molecular formula is C15H17FN2O. The van der Waals surface area contributed by atoms with Gasteiger partial charge in [-0.25, -0.2) is 4.39 Å². The largest absolute Gasteiger partial charge is 0.294 e. The standard InChI is InChI=1S/C15H17FN2O/c1-10(2)18-7-6-12(17-18)9-15(19)13-5-4-11(3)8-14(13)16/h4-8,10H,9H2,1-3H3. The van der Waals surface area contributed by atoms with Gasteiger partial charge in [0, 0.05) is 12.2 Å². The topological polar surface area (TPSA) is 34.9 Å². The number of benzene rings is 1. The van der Waals surface area contributed by atoms with Gasteiger partial charge in [-0.3, -0.25) is 9.48 Å². The van der Waals surface area contributed by atoms with Crippen LogP contribution in [0.5, 0.6) is 0 Å². The molecule has 0 fully saturated rings. The molecule has 1 aromatic heterocycles. The third-order valence-corrected chi connectivity index (χ3v) is 2.96. The molecule has 4 heteroatoms. The number of hydrogen-bond acceptors (Lipinski definition) is 2. The van der Waals surface area contributed by atoms with E-state index < -0.39 is 5.82 Å². The normalized spacial score (nSPS) is 11.0. The minimum Gasteiger partial charge on any atom is -0.294 e. The van der Waals surface area contributed by atoms with Crippen molar-refractivity contribution in [2.45, 2.75) is 33.2 Å². The van der Waals surface area contributed by atoms with Crippen LogP contribution < -0.4 is 0 Å². The van der Waals surface area contributed by atoms with Crippen LogP contribution in [0.2, 0.25) is 0 Å². The van der Waals surface area contributed by atoms with Crippen molar-refractivity contribution in [3.63, 3.8) is 0 Å². The third-order valence-electron chi connectivity index (χ3n) is 2.96. The van der Waals surface area contributed by atoms with E-state index >= 15 is 0 Å².